The van der Waals surface area contributed by atoms with Crippen molar-refractivity contribution in [3.63, 3.8) is 0 Å². The molecule has 4 aromatic rings. The summed E-state index contributed by atoms with van der Waals surface area (Å²) in [5.74, 6) is -0.438. The molecule has 2 heterocycles. The number of ketones is 1. The average Bonchev–Trinajstić information content (AvgIpc) is 3.50. The summed E-state index contributed by atoms with van der Waals surface area (Å²) in [6, 6.07) is 16.3. The van der Waals surface area contributed by atoms with E-state index in [0.717, 1.165) is 17.5 Å². The highest BCUT2D eigenvalue weighted by Crippen LogP contribution is 2.46. The van der Waals surface area contributed by atoms with E-state index in [1.165, 1.54) is 23.3 Å². The lowest BCUT2D eigenvalue weighted by molar-refractivity contribution is -0.132. The number of aromatic nitrogens is 1. The summed E-state index contributed by atoms with van der Waals surface area (Å²) in [5, 5.41) is 12.4. The van der Waals surface area contributed by atoms with Crippen LogP contribution >= 0.6 is 22.9 Å². The third-order valence-corrected chi connectivity index (χ3v) is 7.92. The Bertz CT molecular complexity index is 1650. The molecule has 1 aliphatic rings. The number of hydrogen-bond acceptors (Lipinski definition) is 8. The van der Waals surface area contributed by atoms with Crippen LogP contribution in [0.25, 0.3) is 16.0 Å². The van der Waals surface area contributed by atoms with Gasteiger partial charge in [0.05, 0.1) is 42.2 Å². The van der Waals surface area contributed by atoms with Crippen molar-refractivity contribution >= 4 is 55.7 Å². The van der Waals surface area contributed by atoms with Crippen molar-refractivity contribution < 1.29 is 28.9 Å². The number of hydrogen-bond donors (Lipinski definition) is 1. The molecule has 1 N–H and O–H groups in total. The van der Waals surface area contributed by atoms with Crippen LogP contribution in [0.3, 0.4) is 0 Å². The topological polar surface area (TPSA) is 98.2 Å². The predicted molar refractivity (Wildman–Crippen MR) is 160 cm³/mol. The number of rotatable bonds is 10. The zero-order chi connectivity index (χ0) is 29.1. The molecule has 0 saturated carbocycles. The Labute approximate surface area is 246 Å². The molecule has 0 aliphatic carbocycles. The van der Waals surface area contributed by atoms with Crippen LogP contribution in [0, 0.1) is 0 Å². The number of halogens is 1. The number of unbranched alkanes of at least 4 members (excludes halogenated alkanes) is 1. The summed E-state index contributed by atoms with van der Waals surface area (Å²) in [6.45, 7) is 4.89. The molecular formula is C31H29ClN2O6S. The summed E-state index contributed by atoms with van der Waals surface area (Å²) < 4.78 is 17.8. The average molecular weight is 593 g/mol. The Morgan fingerprint density at radius 1 is 1.05 bits per heavy atom. The third-order valence-electron chi connectivity index (χ3n) is 6.67. The van der Waals surface area contributed by atoms with Gasteiger partial charge in [-0.1, -0.05) is 54.5 Å². The number of anilines is 1. The molecule has 1 amide bonds. The van der Waals surface area contributed by atoms with Crippen molar-refractivity contribution in [3.8, 4) is 17.2 Å². The van der Waals surface area contributed by atoms with Gasteiger partial charge in [0.1, 0.15) is 11.5 Å². The maximum Gasteiger partial charge on any atom is 0.301 e. The van der Waals surface area contributed by atoms with E-state index in [0.29, 0.717) is 57.3 Å². The van der Waals surface area contributed by atoms with E-state index >= 15 is 0 Å². The van der Waals surface area contributed by atoms with Gasteiger partial charge in [-0.15, -0.1) is 0 Å². The molecule has 1 aliphatic heterocycles. The second-order valence-electron chi connectivity index (χ2n) is 9.35. The molecule has 0 radical (unpaired) electrons. The fourth-order valence-corrected chi connectivity index (χ4v) is 5.95. The van der Waals surface area contributed by atoms with Crippen molar-refractivity contribution in [2.75, 3.05) is 25.2 Å². The number of fused-ring (bicyclic) bond motifs is 1. The Kier molecular flexibility index (Phi) is 8.46. The number of ether oxygens (including phenoxy) is 3. The highest BCUT2D eigenvalue weighted by atomic mass is 35.5. The molecule has 8 nitrogen and oxygen atoms in total. The second kappa shape index (κ2) is 12.2. The zero-order valence-electron chi connectivity index (χ0n) is 22.8. The Hall–Kier alpha value is -4.08. The maximum atomic E-state index is 13.6. The predicted octanol–water partition coefficient (Wildman–Crippen LogP) is 7.16. The number of Topliss-reactive ketones (excluding diaryl/α,β-unsaturated/α-hetero) is 1. The minimum Gasteiger partial charge on any atom is -0.507 e. The van der Waals surface area contributed by atoms with Gasteiger partial charge in [-0.3, -0.25) is 14.5 Å². The van der Waals surface area contributed by atoms with Crippen molar-refractivity contribution in [2.45, 2.75) is 32.7 Å². The lowest BCUT2D eigenvalue weighted by atomic mass is 9.95. The molecule has 0 bridgehead atoms. The van der Waals surface area contributed by atoms with Gasteiger partial charge in [0, 0.05) is 10.6 Å². The largest absolute Gasteiger partial charge is 0.507 e. The number of carbonyl (C=O) groups is 2. The highest BCUT2D eigenvalue weighted by molar-refractivity contribution is 7.22. The summed E-state index contributed by atoms with van der Waals surface area (Å²) in [4.78, 5) is 33.2. The number of aliphatic hydroxyl groups excluding tert-OH is 1. The summed E-state index contributed by atoms with van der Waals surface area (Å²) in [5.41, 5.74) is 1.47. The van der Waals surface area contributed by atoms with E-state index in [-0.39, 0.29) is 11.3 Å². The van der Waals surface area contributed by atoms with Crippen LogP contribution in [0.5, 0.6) is 17.2 Å². The van der Waals surface area contributed by atoms with Gasteiger partial charge in [0.25, 0.3) is 5.78 Å². The zero-order valence-corrected chi connectivity index (χ0v) is 24.4. The molecular weight excluding hydrogens is 564 g/mol. The van der Waals surface area contributed by atoms with Crippen LogP contribution in [0.2, 0.25) is 5.02 Å². The van der Waals surface area contributed by atoms with Crippen molar-refractivity contribution in [1.82, 2.24) is 4.98 Å². The minimum atomic E-state index is -0.986. The molecule has 3 aromatic carbocycles. The van der Waals surface area contributed by atoms with Crippen molar-refractivity contribution in [1.29, 1.82) is 0 Å². The van der Waals surface area contributed by atoms with Crippen molar-refractivity contribution in [3.05, 3.63) is 82.4 Å². The minimum absolute atomic E-state index is 0.0655. The Balaban J connectivity index is 1.68. The van der Waals surface area contributed by atoms with Gasteiger partial charge in [0.15, 0.2) is 16.6 Å². The van der Waals surface area contributed by atoms with Crippen LogP contribution in [0.4, 0.5) is 5.13 Å². The molecule has 1 atom stereocenters. The number of carbonyl (C=O) groups excluding carboxylic acids is 2. The monoisotopic (exact) mass is 592 g/mol. The van der Waals surface area contributed by atoms with Gasteiger partial charge in [0.2, 0.25) is 0 Å². The lowest BCUT2D eigenvalue weighted by Crippen LogP contribution is -2.29. The van der Waals surface area contributed by atoms with Crippen LogP contribution in [-0.4, -0.2) is 42.1 Å². The molecule has 212 valence electrons. The molecule has 10 heteroatoms. The normalized spacial score (nSPS) is 16.4. The van der Waals surface area contributed by atoms with Crippen molar-refractivity contribution in [2.24, 2.45) is 0 Å². The first-order chi connectivity index (χ1) is 19.9. The summed E-state index contributed by atoms with van der Waals surface area (Å²) in [7, 11) is 1.51. The Morgan fingerprint density at radius 3 is 2.63 bits per heavy atom. The maximum absolute atomic E-state index is 13.6. The fourth-order valence-electron chi connectivity index (χ4n) is 4.69. The third kappa shape index (κ3) is 5.60. The molecule has 41 heavy (non-hydrogen) atoms. The van der Waals surface area contributed by atoms with E-state index < -0.39 is 17.7 Å². The summed E-state index contributed by atoms with van der Waals surface area (Å²) in [6.07, 6.45) is 1.86. The summed E-state index contributed by atoms with van der Waals surface area (Å²) >= 11 is 7.43. The number of nitrogens with zero attached hydrogens (tertiary/aromatic N) is 2. The van der Waals surface area contributed by atoms with Crippen LogP contribution in [0.15, 0.2) is 66.2 Å². The molecule has 5 rings (SSSR count). The van der Waals surface area contributed by atoms with Crippen LogP contribution in [-0.2, 0) is 9.59 Å². The quantitative estimate of drug-likeness (QED) is 0.0902. The number of amides is 1. The molecule has 1 fully saturated rings. The van der Waals surface area contributed by atoms with E-state index in [1.54, 1.807) is 60.7 Å². The first kappa shape index (κ1) is 28.4. The van der Waals surface area contributed by atoms with E-state index in [1.807, 2.05) is 6.92 Å². The first-order valence-electron chi connectivity index (χ1n) is 13.3. The smallest absolute Gasteiger partial charge is 0.301 e. The van der Waals surface area contributed by atoms with Gasteiger partial charge in [-0.05, 0) is 61.4 Å². The van der Waals surface area contributed by atoms with Gasteiger partial charge in [-0.2, -0.15) is 0 Å². The molecule has 1 aromatic heterocycles. The molecule has 1 unspecified atom stereocenters. The standard InChI is InChI=1S/C31H29ClN2O6S/c1-4-6-14-40-21-9-7-8-19(15-21)28(35)26-27(18-10-13-23(39-5-2)24(16-18)38-3)34(30(37)29(26)36)31-33-22-12-11-20(32)17-25(22)41-31/h7-13,15-17,27,35H,4-6,14H2,1-3H3. The van der Waals surface area contributed by atoms with Gasteiger partial charge in [-0.25, -0.2) is 4.98 Å². The van der Waals surface area contributed by atoms with E-state index in [9.17, 15) is 14.7 Å². The SMILES string of the molecule is CCCCOc1cccc(C(O)=C2C(=O)C(=O)N(c3nc4ccc(Cl)cc4s3)C2c2ccc(OCC)c(OC)c2)c1. The number of methoxy groups -OCH3 is 1. The first-order valence-corrected chi connectivity index (χ1v) is 14.5. The number of benzene rings is 3. The lowest BCUT2D eigenvalue weighted by Gasteiger charge is -2.24. The molecule has 1 saturated heterocycles. The van der Waals surface area contributed by atoms with Crippen LogP contribution < -0.4 is 19.1 Å². The van der Waals surface area contributed by atoms with E-state index in [2.05, 4.69) is 11.9 Å². The van der Waals surface area contributed by atoms with Gasteiger partial charge >= 0.3 is 5.91 Å². The van der Waals surface area contributed by atoms with Gasteiger partial charge < -0.3 is 19.3 Å². The number of thiazole rings is 1. The second-order valence-corrected chi connectivity index (χ2v) is 10.8. The molecule has 0 spiro atoms. The van der Waals surface area contributed by atoms with Crippen LogP contribution in [0.1, 0.15) is 43.9 Å². The fraction of sp³-hybridized carbons (Fsp3) is 0.258. The Morgan fingerprint density at radius 2 is 1.88 bits per heavy atom. The highest BCUT2D eigenvalue weighted by Gasteiger charge is 2.48. The van der Waals surface area contributed by atoms with E-state index in [4.69, 9.17) is 25.8 Å². The number of aliphatic hydroxyl groups is 1.